The molecule has 0 radical (unpaired) electrons. The third-order valence-corrected chi connectivity index (χ3v) is 5.13. The summed E-state index contributed by atoms with van der Waals surface area (Å²) < 4.78 is 0. The Kier molecular flexibility index (Phi) is 3.44. The van der Waals surface area contributed by atoms with Crippen molar-refractivity contribution in [2.45, 2.75) is 18.8 Å². The molecule has 1 fully saturated rings. The molecule has 1 saturated heterocycles. The van der Waals surface area contributed by atoms with Gasteiger partial charge in [-0.15, -0.1) is 0 Å². The molecule has 1 aromatic carbocycles. The van der Waals surface area contributed by atoms with Crippen LogP contribution in [0.3, 0.4) is 0 Å². The monoisotopic (exact) mass is 346 g/mol. The van der Waals surface area contributed by atoms with Gasteiger partial charge in [0, 0.05) is 25.2 Å². The quantitative estimate of drug-likeness (QED) is 0.582. The molecule has 3 aromatic heterocycles. The topological polar surface area (TPSA) is 90.6 Å². The van der Waals surface area contributed by atoms with E-state index in [4.69, 9.17) is 4.98 Å². The van der Waals surface area contributed by atoms with Gasteiger partial charge >= 0.3 is 0 Å². The number of aromatic amines is 2. The van der Waals surface area contributed by atoms with Gasteiger partial charge in [-0.1, -0.05) is 12.1 Å². The molecule has 0 amide bonds. The van der Waals surface area contributed by atoms with Crippen LogP contribution in [0.4, 0.5) is 5.82 Å². The molecule has 0 bridgehead atoms. The third kappa shape index (κ3) is 2.44. The lowest BCUT2D eigenvalue weighted by atomic mass is 9.96. The first-order valence-electron chi connectivity index (χ1n) is 8.81. The molecule has 0 aliphatic carbocycles. The molecule has 4 aromatic rings. The van der Waals surface area contributed by atoms with Crippen LogP contribution in [0.5, 0.6) is 0 Å². The summed E-state index contributed by atoms with van der Waals surface area (Å²) >= 11 is 0. The number of fused-ring (bicyclic) bond motifs is 2. The van der Waals surface area contributed by atoms with Crippen molar-refractivity contribution in [3.8, 4) is 0 Å². The average molecular weight is 346 g/mol. The summed E-state index contributed by atoms with van der Waals surface area (Å²) in [7, 11) is 0. The van der Waals surface area contributed by atoms with E-state index in [0.29, 0.717) is 16.8 Å². The van der Waals surface area contributed by atoms with Crippen molar-refractivity contribution in [1.29, 1.82) is 0 Å². The van der Waals surface area contributed by atoms with Gasteiger partial charge in [-0.25, -0.2) is 15.0 Å². The summed E-state index contributed by atoms with van der Waals surface area (Å²) in [6, 6.07) is 9.84. The highest BCUT2D eigenvalue weighted by molar-refractivity contribution is 5.87. The van der Waals surface area contributed by atoms with E-state index >= 15 is 0 Å². The van der Waals surface area contributed by atoms with Crippen LogP contribution in [0.1, 0.15) is 24.6 Å². The van der Waals surface area contributed by atoms with Crippen molar-refractivity contribution in [1.82, 2.24) is 24.9 Å². The Labute approximate surface area is 149 Å². The number of imidazole rings is 1. The second kappa shape index (κ2) is 5.94. The maximum absolute atomic E-state index is 12.0. The Bertz CT molecular complexity index is 1110. The fourth-order valence-corrected chi connectivity index (χ4v) is 3.75. The largest absolute Gasteiger partial charge is 0.355 e. The highest BCUT2D eigenvalue weighted by atomic mass is 16.1. The zero-order chi connectivity index (χ0) is 17.5. The van der Waals surface area contributed by atoms with Gasteiger partial charge in [-0.3, -0.25) is 4.79 Å². The van der Waals surface area contributed by atoms with E-state index in [0.717, 1.165) is 48.6 Å². The van der Waals surface area contributed by atoms with Crippen LogP contribution < -0.4 is 10.5 Å². The van der Waals surface area contributed by atoms with Crippen molar-refractivity contribution in [2.24, 2.45) is 0 Å². The van der Waals surface area contributed by atoms with Gasteiger partial charge in [-0.05, 0) is 31.0 Å². The zero-order valence-corrected chi connectivity index (χ0v) is 14.1. The number of benzene rings is 1. The molecule has 7 heteroatoms. The van der Waals surface area contributed by atoms with Crippen molar-refractivity contribution in [2.75, 3.05) is 18.0 Å². The Morgan fingerprint density at radius 2 is 1.92 bits per heavy atom. The molecule has 0 atom stereocenters. The van der Waals surface area contributed by atoms with E-state index in [1.54, 1.807) is 12.3 Å². The van der Waals surface area contributed by atoms with E-state index in [2.05, 4.69) is 30.9 Å². The molecular formula is C19H18N6O. The number of hydrogen-bond donors (Lipinski definition) is 2. The molecule has 1 aliphatic heterocycles. The minimum atomic E-state index is -0.129. The second-order valence-corrected chi connectivity index (χ2v) is 6.66. The van der Waals surface area contributed by atoms with E-state index < -0.39 is 0 Å². The van der Waals surface area contributed by atoms with Crippen LogP contribution in [0.15, 0.2) is 47.7 Å². The molecule has 0 saturated carbocycles. The number of nitrogens with one attached hydrogen (secondary N) is 2. The number of H-pyrrole nitrogens is 2. The number of aromatic nitrogens is 5. The lowest BCUT2D eigenvalue weighted by Gasteiger charge is -2.32. The molecule has 0 unspecified atom stereocenters. The second-order valence-electron chi connectivity index (χ2n) is 6.66. The number of para-hydroxylation sites is 2. The van der Waals surface area contributed by atoms with Crippen LogP contribution in [0, 0.1) is 0 Å². The third-order valence-electron chi connectivity index (χ3n) is 5.13. The van der Waals surface area contributed by atoms with Crippen LogP contribution in [0.25, 0.3) is 21.9 Å². The number of hydrogen-bond acceptors (Lipinski definition) is 5. The van der Waals surface area contributed by atoms with Crippen molar-refractivity contribution in [3.05, 3.63) is 59.0 Å². The van der Waals surface area contributed by atoms with Crippen molar-refractivity contribution in [3.63, 3.8) is 0 Å². The average Bonchev–Trinajstić information content (AvgIpc) is 3.12. The Morgan fingerprint density at radius 3 is 2.77 bits per heavy atom. The van der Waals surface area contributed by atoms with Crippen molar-refractivity contribution >= 4 is 27.8 Å². The first-order chi connectivity index (χ1) is 12.8. The molecule has 4 heterocycles. The van der Waals surface area contributed by atoms with Crippen LogP contribution in [-0.2, 0) is 0 Å². The lowest BCUT2D eigenvalue weighted by Crippen LogP contribution is -2.34. The summed E-state index contributed by atoms with van der Waals surface area (Å²) in [5.74, 6) is 2.26. The first-order valence-corrected chi connectivity index (χ1v) is 8.81. The minimum absolute atomic E-state index is 0.129. The van der Waals surface area contributed by atoms with Gasteiger partial charge in [0.25, 0.3) is 5.56 Å². The Morgan fingerprint density at radius 1 is 1.08 bits per heavy atom. The van der Waals surface area contributed by atoms with E-state index in [9.17, 15) is 4.79 Å². The predicted molar refractivity (Wildman–Crippen MR) is 100 cm³/mol. The number of pyridine rings is 1. The maximum atomic E-state index is 12.0. The number of rotatable bonds is 2. The highest BCUT2D eigenvalue weighted by Gasteiger charge is 2.25. The highest BCUT2D eigenvalue weighted by Crippen LogP contribution is 2.31. The normalized spacial score (nSPS) is 15.8. The SMILES string of the molecule is O=c1[nH]cnc2c(N3CCC(c4nc5ccccc5[nH]4)CC3)nccc12. The van der Waals surface area contributed by atoms with Gasteiger partial charge < -0.3 is 14.9 Å². The fourth-order valence-electron chi connectivity index (χ4n) is 3.75. The molecule has 0 spiro atoms. The summed E-state index contributed by atoms with van der Waals surface area (Å²) in [4.78, 5) is 33.9. The van der Waals surface area contributed by atoms with E-state index in [1.165, 1.54) is 6.33 Å². The Balaban J connectivity index is 1.41. The van der Waals surface area contributed by atoms with Crippen LogP contribution in [-0.4, -0.2) is 38.0 Å². The molecule has 1 aliphatic rings. The minimum Gasteiger partial charge on any atom is -0.355 e. The van der Waals surface area contributed by atoms with Crippen molar-refractivity contribution < 1.29 is 0 Å². The maximum Gasteiger partial charge on any atom is 0.258 e. The van der Waals surface area contributed by atoms with Crippen LogP contribution in [0.2, 0.25) is 0 Å². The molecule has 7 nitrogen and oxygen atoms in total. The summed E-state index contributed by atoms with van der Waals surface area (Å²) in [6.07, 6.45) is 5.10. The van der Waals surface area contributed by atoms with Gasteiger partial charge in [0.05, 0.1) is 22.7 Å². The Hall–Kier alpha value is -3.22. The smallest absolute Gasteiger partial charge is 0.258 e. The zero-order valence-electron chi connectivity index (χ0n) is 14.1. The molecular weight excluding hydrogens is 328 g/mol. The van der Waals surface area contributed by atoms with Crippen LogP contribution >= 0.6 is 0 Å². The molecule has 2 N–H and O–H groups in total. The number of anilines is 1. The summed E-state index contributed by atoms with van der Waals surface area (Å²) in [6.45, 7) is 1.73. The molecule has 5 rings (SSSR count). The molecule has 26 heavy (non-hydrogen) atoms. The van der Waals surface area contributed by atoms with Gasteiger partial charge in [0.15, 0.2) is 5.82 Å². The lowest BCUT2D eigenvalue weighted by molar-refractivity contribution is 0.488. The molecule has 130 valence electrons. The summed E-state index contributed by atoms with van der Waals surface area (Å²) in [5.41, 5.74) is 2.64. The van der Waals surface area contributed by atoms with Gasteiger partial charge in [0.2, 0.25) is 0 Å². The number of piperidine rings is 1. The van der Waals surface area contributed by atoms with E-state index in [-0.39, 0.29) is 5.56 Å². The number of nitrogens with zero attached hydrogens (tertiary/aromatic N) is 4. The van der Waals surface area contributed by atoms with Gasteiger partial charge in [0.1, 0.15) is 11.3 Å². The van der Waals surface area contributed by atoms with Gasteiger partial charge in [-0.2, -0.15) is 0 Å². The standard InChI is InChI=1S/C19H18N6O/c26-19-13-5-8-20-18(16(13)21-11-22-19)25-9-6-12(7-10-25)17-23-14-3-1-2-4-15(14)24-17/h1-5,8,11-12H,6-7,9-10H2,(H,23,24)(H,21,22,26). The van der Waals surface area contributed by atoms with E-state index in [1.807, 2.05) is 18.2 Å². The first kappa shape index (κ1) is 15.1. The predicted octanol–water partition coefficient (Wildman–Crippen LogP) is 2.58. The fraction of sp³-hybridized carbons (Fsp3) is 0.263. The summed E-state index contributed by atoms with van der Waals surface area (Å²) in [5, 5.41) is 0.580.